The van der Waals surface area contributed by atoms with Crippen LogP contribution in [0.1, 0.15) is 37.8 Å². The Balaban J connectivity index is 2.57. The molecular formula is C16H24ClF3NO4P. The average Bonchev–Trinajstić information content (AvgIpc) is 2.55. The summed E-state index contributed by atoms with van der Waals surface area (Å²) in [7, 11) is -3.08. The first-order valence-electron chi connectivity index (χ1n) is 8.24. The number of rotatable bonds is 11. The highest BCUT2D eigenvalue weighted by atomic mass is 35.5. The number of nitrogens with one attached hydrogen (secondary N) is 1. The van der Waals surface area contributed by atoms with Crippen molar-refractivity contribution in [2.45, 2.75) is 44.9 Å². The van der Waals surface area contributed by atoms with E-state index in [-0.39, 0.29) is 31.2 Å². The van der Waals surface area contributed by atoms with Gasteiger partial charge in [-0.25, -0.2) is 0 Å². The van der Waals surface area contributed by atoms with Crippen molar-refractivity contribution in [1.29, 1.82) is 0 Å². The van der Waals surface area contributed by atoms with Crippen LogP contribution >= 0.6 is 19.6 Å². The van der Waals surface area contributed by atoms with Crippen LogP contribution in [0.25, 0.3) is 0 Å². The van der Waals surface area contributed by atoms with E-state index in [1.165, 1.54) is 12.1 Å². The molecule has 0 aromatic heterocycles. The maximum atomic E-state index is 12.8. The largest absolute Gasteiger partial charge is 0.417 e. The molecule has 0 spiro atoms. The van der Waals surface area contributed by atoms with Crippen molar-refractivity contribution in [3.8, 4) is 0 Å². The van der Waals surface area contributed by atoms with E-state index in [1.807, 2.05) is 0 Å². The lowest BCUT2D eigenvalue weighted by atomic mass is 10.1. The molecule has 0 bridgehead atoms. The number of benzene rings is 1. The Kier molecular flexibility index (Phi) is 9.58. The normalized spacial score (nSPS) is 13.8. The minimum Gasteiger partial charge on any atom is -0.343 e. The van der Waals surface area contributed by atoms with Crippen molar-refractivity contribution in [3.05, 3.63) is 34.3 Å². The third-order valence-corrected chi connectivity index (χ3v) is 5.13. The van der Waals surface area contributed by atoms with Gasteiger partial charge in [0.2, 0.25) is 13.6 Å². The summed E-state index contributed by atoms with van der Waals surface area (Å²) in [4.78, 5) is 9.55. The van der Waals surface area contributed by atoms with E-state index in [4.69, 9.17) is 21.1 Å². The number of alkyl halides is 3. The van der Waals surface area contributed by atoms with Crippen LogP contribution in [0.3, 0.4) is 0 Å². The molecule has 0 amide bonds. The molecule has 2 N–H and O–H groups in total. The highest BCUT2D eigenvalue weighted by molar-refractivity contribution is 7.39. The predicted molar refractivity (Wildman–Crippen MR) is 94.6 cm³/mol. The fourth-order valence-corrected chi connectivity index (χ4v) is 3.61. The Morgan fingerprint density at radius 3 is 2.35 bits per heavy atom. The number of halogens is 4. The van der Waals surface area contributed by atoms with Crippen molar-refractivity contribution in [3.63, 3.8) is 0 Å². The topological polar surface area (TPSA) is 67.8 Å². The zero-order chi connectivity index (χ0) is 19.8. The highest BCUT2D eigenvalue weighted by Crippen LogP contribution is 2.41. The summed E-state index contributed by atoms with van der Waals surface area (Å²) in [5.74, 6) is 0. The average molecular weight is 418 g/mol. The van der Waals surface area contributed by atoms with Crippen LogP contribution in [0.15, 0.2) is 18.2 Å². The molecule has 0 saturated carbocycles. The first kappa shape index (κ1) is 23.4. The maximum Gasteiger partial charge on any atom is 0.417 e. The van der Waals surface area contributed by atoms with Crippen molar-refractivity contribution in [2.75, 3.05) is 19.8 Å². The molecule has 0 radical (unpaired) electrons. The van der Waals surface area contributed by atoms with Gasteiger partial charge in [0.1, 0.15) is 0 Å². The van der Waals surface area contributed by atoms with Crippen LogP contribution in [0.4, 0.5) is 13.2 Å². The molecule has 10 heteroatoms. The van der Waals surface area contributed by atoms with Gasteiger partial charge in [0.15, 0.2) is 0 Å². The summed E-state index contributed by atoms with van der Waals surface area (Å²) in [6.45, 7) is 4.50. The van der Waals surface area contributed by atoms with Gasteiger partial charge in [0.05, 0.1) is 10.6 Å². The van der Waals surface area contributed by atoms with Gasteiger partial charge in [-0.1, -0.05) is 17.7 Å². The van der Waals surface area contributed by atoms with Gasteiger partial charge < -0.3 is 19.7 Å². The van der Waals surface area contributed by atoms with Crippen LogP contribution in [0.5, 0.6) is 0 Å². The van der Waals surface area contributed by atoms with E-state index in [2.05, 4.69) is 5.32 Å². The smallest absolute Gasteiger partial charge is 0.343 e. The second kappa shape index (κ2) is 10.6. The van der Waals surface area contributed by atoms with Gasteiger partial charge in [0, 0.05) is 26.2 Å². The predicted octanol–water partition coefficient (Wildman–Crippen LogP) is 4.42. The fourth-order valence-electron chi connectivity index (χ4n) is 2.46. The Morgan fingerprint density at radius 2 is 1.85 bits per heavy atom. The molecule has 0 aliphatic rings. The van der Waals surface area contributed by atoms with Crippen LogP contribution in [0.2, 0.25) is 5.02 Å². The van der Waals surface area contributed by atoms with E-state index in [0.29, 0.717) is 18.5 Å². The third-order valence-electron chi connectivity index (χ3n) is 3.61. The van der Waals surface area contributed by atoms with Gasteiger partial charge in [-0.2, -0.15) is 13.2 Å². The molecule has 1 rings (SSSR count). The molecule has 0 saturated heterocycles. The molecular weight excluding hydrogens is 394 g/mol. The fraction of sp³-hybridized carbons (Fsp3) is 0.625. The SMILES string of the molecule is CCOC(CCCNCc1ccc(Cl)c(C(F)(F)F)c1)(OCC)[PH](=O)O. The Morgan fingerprint density at radius 1 is 1.23 bits per heavy atom. The van der Waals surface area contributed by atoms with Gasteiger partial charge in [0.25, 0.3) is 0 Å². The third kappa shape index (κ3) is 6.83. The summed E-state index contributed by atoms with van der Waals surface area (Å²) >= 11 is 5.59. The van der Waals surface area contributed by atoms with Crippen molar-refractivity contribution < 1.29 is 32.1 Å². The minimum atomic E-state index is -4.50. The lowest BCUT2D eigenvalue weighted by Crippen LogP contribution is -2.33. The molecule has 1 aromatic carbocycles. The lowest BCUT2D eigenvalue weighted by Gasteiger charge is -2.30. The van der Waals surface area contributed by atoms with Crippen molar-refractivity contribution in [2.24, 2.45) is 0 Å². The molecule has 5 nitrogen and oxygen atoms in total. The number of hydrogen-bond donors (Lipinski definition) is 2. The molecule has 0 fully saturated rings. The monoisotopic (exact) mass is 417 g/mol. The summed E-state index contributed by atoms with van der Waals surface area (Å²) in [5.41, 5.74) is -1.94. The summed E-state index contributed by atoms with van der Waals surface area (Å²) in [6.07, 6.45) is -3.85. The van der Waals surface area contributed by atoms with E-state index < -0.39 is 25.3 Å². The zero-order valence-corrected chi connectivity index (χ0v) is 16.4. The lowest BCUT2D eigenvalue weighted by molar-refractivity contribution is -0.180. The molecule has 150 valence electrons. The zero-order valence-electron chi connectivity index (χ0n) is 14.7. The van der Waals surface area contributed by atoms with Crippen LogP contribution in [-0.4, -0.2) is 30.2 Å². The second-order valence-corrected chi connectivity index (χ2v) is 7.30. The van der Waals surface area contributed by atoms with E-state index in [9.17, 15) is 22.6 Å². The maximum absolute atomic E-state index is 12.8. The highest BCUT2D eigenvalue weighted by Gasteiger charge is 2.37. The number of ether oxygens (including phenoxy) is 2. The van der Waals surface area contributed by atoms with Crippen molar-refractivity contribution >= 4 is 19.6 Å². The summed E-state index contributed by atoms with van der Waals surface area (Å²) in [5, 5.41) is 2.66. The molecule has 26 heavy (non-hydrogen) atoms. The summed E-state index contributed by atoms with van der Waals surface area (Å²) < 4.78 is 60.9. The van der Waals surface area contributed by atoms with E-state index in [0.717, 1.165) is 6.07 Å². The van der Waals surface area contributed by atoms with Gasteiger partial charge in [-0.3, -0.25) is 4.57 Å². The first-order valence-corrected chi connectivity index (χ1v) is 9.97. The van der Waals surface area contributed by atoms with E-state index in [1.54, 1.807) is 13.8 Å². The van der Waals surface area contributed by atoms with Crippen LogP contribution < -0.4 is 5.32 Å². The Labute approximate surface area is 156 Å². The molecule has 0 aliphatic heterocycles. The standard InChI is InChI=1S/C16H24ClF3NO4P/c1-3-24-15(25-4-2,26(22)23)8-5-9-21-11-12-6-7-14(17)13(10-12)16(18,19)20/h6-7,10,21,26H,3-5,8-9,11H2,1-2H3,(H,22,23). The van der Waals surface area contributed by atoms with Gasteiger partial charge in [-0.05, 0) is 44.5 Å². The summed E-state index contributed by atoms with van der Waals surface area (Å²) in [6, 6.07) is 3.74. The quantitative estimate of drug-likeness (QED) is 0.317. The number of hydrogen-bond acceptors (Lipinski definition) is 4. The molecule has 1 unspecified atom stereocenters. The Bertz CT molecular complexity index is 595. The first-order chi connectivity index (χ1) is 12.2. The van der Waals surface area contributed by atoms with E-state index >= 15 is 0 Å². The molecule has 0 aliphatic carbocycles. The molecule has 1 aromatic rings. The van der Waals surface area contributed by atoms with Gasteiger partial charge in [-0.15, -0.1) is 0 Å². The second-order valence-electron chi connectivity index (χ2n) is 5.52. The van der Waals surface area contributed by atoms with Crippen molar-refractivity contribution in [1.82, 2.24) is 5.32 Å². The minimum absolute atomic E-state index is 0.199. The molecule has 1 atom stereocenters. The van der Waals surface area contributed by atoms with Crippen LogP contribution in [0, 0.1) is 0 Å². The Hall–Kier alpha value is -0.630. The molecule has 0 heterocycles. The van der Waals surface area contributed by atoms with Gasteiger partial charge >= 0.3 is 6.18 Å². The van der Waals surface area contributed by atoms with Crippen LogP contribution in [-0.2, 0) is 26.8 Å².